The van der Waals surface area contributed by atoms with Crippen molar-refractivity contribution in [2.24, 2.45) is 10.9 Å². The molecule has 1 aliphatic carbocycles. The number of rotatable bonds is 1. The average molecular weight is 254 g/mol. The number of nitrogens with zero attached hydrogens (tertiary/aromatic N) is 1. The number of Topliss-reactive ketones (excluding diaryl/α,β-unsaturated/α-hetero) is 2. The molecule has 96 valence electrons. The molecule has 3 rings (SSSR count). The van der Waals surface area contributed by atoms with Gasteiger partial charge in [-0.25, -0.2) is 0 Å². The molecular weight excluding hydrogens is 240 g/mol. The molecule has 1 saturated carbocycles. The molecule has 0 radical (unpaired) electrons. The number of carbonyl (C=O) groups excluding carboxylic acids is 2. The number of anilines is 1. The maximum Gasteiger partial charge on any atom is 0.142 e. The van der Waals surface area contributed by atoms with Crippen LogP contribution in [0.1, 0.15) is 24.8 Å². The monoisotopic (exact) mass is 254 g/mol. The second-order valence-corrected chi connectivity index (χ2v) is 4.84. The standard InChI is InChI=1S/C15H14N2O2/c18-11-5-6-15(19)12(7-11)14-9-16-8-10-3-1-2-4-13(10)17-14/h1-4,8-9,12,17H,5-7H2. The summed E-state index contributed by atoms with van der Waals surface area (Å²) in [6.45, 7) is 0. The molecule has 0 aromatic heterocycles. The SMILES string of the molecule is O=C1CCC(=O)C(C2=CN=Cc3ccccc3N2)C1. The van der Waals surface area contributed by atoms with Gasteiger partial charge in [0.25, 0.3) is 0 Å². The van der Waals surface area contributed by atoms with Gasteiger partial charge in [-0.05, 0) is 6.07 Å². The van der Waals surface area contributed by atoms with E-state index in [1.165, 1.54) is 0 Å². The third-order valence-corrected chi connectivity index (χ3v) is 3.51. The third-order valence-electron chi connectivity index (χ3n) is 3.51. The predicted molar refractivity (Wildman–Crippen MR) is 73.1 cm³/mol. The Morgan fingerprint density at radius 2 is 2.00 bits per heavy atom. The zero-order valence-electron chi connectivity index (χ0n) is 10.4. The lowest BCUT2D eigenvalue weighted by Gasteiger charge is -2.23. The Morgan fingerprint density at radius 3 is 2.89 bits per heavy atom. The summed E-state index contributed by atoms with van der Waals surface area (Å²) in [5, 5.41) is 3.24. The van der Waals surface area contributed by atoms with Crippen LogP contribution in [0.2, 0.25) is 0 Å². The number of nitrogens with one attached hydrogen (secondary N) is 1. The van der Waals surface area contributed by atoms with E-state index in [2.05, 4.69) is 10.3 Å². The Kier molecular flexibility index (Phi) is 2.99. The van der Waals surface area contributed by atoms with Crippen LogP contribution in [0, 0.1) is 5.92 Å². The summed E-state index contributed by atoms with van der Waals surface area (Å²) in [4.78, 5) is 27.7. The highest BCUT2D eigenvalue weighted by Gasteiger charge is 2.30. The molecular formula is C15H14N2O2. The minimum Gasteiger partial charge on any atom is -0.357 e. The summed E-state index contributed by atoms with van der Waals surface area (Å²) in [6.07, 6.45) is 4.41. The van der Waals surface area contributed by atoms with Crippen molar-refractivity contribution >= 4 is 23.5 Å². The number of hydrogen-bond donors (Lipinski definition) is 1. The smallest absolute Gasteiger partial charge is 0.142 e. The summed E-state index contributed by atoms with van der Waals surface area (Å²) >= 11 is 0. The molecule has 0 saturated heterocycles. The van der Waals surface area contributed by atoms with Crippen molar-refractivity contribution in [2.45, 2.75) is 19.3 Å². The zero-order chi connectivity index (χ0) is 13.2. The lowest BCUT2D eigenvalue weighted by atomic mass is 9.85. The van der Waals surface area contributed by atoms with Crippen LogP contribution in [-0.2, 0) is 9.59 Å². The van der Waals surface area contributed by atoms with E-state index in [0.717, 1.165) is 16.9 Å². The van der Waals surface area contributed by atoms with Gasteiger partial charge in [0.15, 0.2) is 0 Å². The fraction of sp³-hybridized carbons (Fsp3) is 0.267. The molecule has 1 fully saturated rings. The van der Waals surface area contributed by atoms with E-state index in [1.807, 2.05) is 24.3 Å². The number of ketones is 2. The Balaban J connectivity index is 1.90. The van der Waals surface area contributed by atoms with E-state index in [4.69, 9.17) is 0 Å². The van der Waals surface area contributed by atoms with Gasteiger partial charge in [0.1, 0.15) is 11.6 Å². The van der Waals surface area contributed by atoms with Crippen LogP contribution < -0.4 is 5.32 Å². The van der Waals surface area contributed by atoms with Crippen LogP contribution in [0.4, 0.5) is 5.69 Å². The largest absolute Gasteiger partial charge is 0.357 e. The van der Waals surface area contributed by atoms with E-state index in [1.54, 1.807) is 12.4 Å². The maximum absolute atomic E-state index is 12.0. The predicted octanol–water partition coefficient (Wildman–Crippen LogP) is 2.31. The van der Waals surface area contributed by atoms with Gasteiger partial charge in [0.05, 0.1) is 5.92 Å². The van der Waals surface area contributed by atoms with Gasteiger partial charge in [-0.3, -0.25) is 14.6 Å². The van der Waals surface area contributed by atoms with E-state index >= 15 is 0 Å². The highest BCUT2D eigenvalue weighted by molar-refractivity contribution is 5.97. The Morgan fingerprint density at radius 1 is 1.16 bits per heavy atom. The van der Waals surface area contributed by atoms with Crippen molar-refractivity contribution in [1.82, 2.24) is 0 Å². The van der Waals surface area contributed by atoms with Gasteiger partial charge in [-0.15, -0.1) is 0 Å². The van der Waals surface area contributed by atoms with Crippen molar-refractivity contribution in [3.63, 3.8) is 0 Å². The van der Waals surface area contributed by atoms with Crippen molar-refractivity contribution in [1.29, 1.82) is 0 Å². The lowest BCUT2D eigenvalue weighted by molar-refractivity contribution is -0.131. The molecule has 4 nitrogen and oxygen atoms in total. The minimum absolute atomic E-state index is 0.118. The Bertz CT molecular complexity index is 602. The van der Waals surface area contributed by atoms with Gasteiger partial charge >= 0.3 is 0 Å². The molecule has 0 spiro atoms. The highest BCUT2D eigenvalue weighted by Crippen LogP contribution is 2.28. The van der Waals surface area contributed by atoms with Crippen molar-refractivity contribution in [3.05, 3.63) is 41.7 Å². The highest BCUT2D eigenvalue weighted by atomic mass is 16.1. The summed E-state index contributed by atoms with van der Waals surface area (Å²) < 4.78 is 0. The van der Waals surface area contributed by atoms with Crippen LogP contribution in [0.3, 0.4) is 0 Å². The quantitative estimate of drug-likeness (QED) is 0.836. The van der Waals surface area contributed by atoms with Crippen molar-refractivity contribution in [2.75, 3.05) is 5.32 Å². The number of allylic oxidation sites excluding steroid dienone is 1. The first-order valence-electron chi connectivity index (χ1n) is 6.38. The molecule has 1 N–H and O–H groups in total. The zero-order valence-corrected chi connectivity index (χ0v) is 10.4. The second-order valence-electron chi connectivity index (χ2n) is 4.84. The van der Waals surface area contributed by atoms with Crippen molar-refractivity contribution in [3.8, 4) is 0 Å². The van der Waals surface area contributed by atoms with E-state index in [0.29, 0.717) is 12.8 Å². The number of aliphatic imine (C=N–C) groups is 1. The number of benzene rings is 1. The number of carbonyl (C=O) groups is 2. The van der Waals surface area contributed by atoms with Gasteiger partial charge < -0.3 is 5.32 Å². The molecule has 2 aliphatic rings. The van der Waals surface area contributed by atoms with Crippen LogP contribution in [-0.4, -0.2) is 17.8 Å². The van der Waals surface area contributed by atoms with Crippen LogP contribution in [0.5, 0.6) is 0 Å². The topological polar surface area (TPSA) is 58.5 Å². The van der Waals surface area contributed by atoms with Crippen LogP contribution in [0.15, 0.2) is 41.2 Å². The Labute approximate surface area is 111 Å². The minimum atomic E-state index is -0.371. The fourth-order valence-corrected chi connectivity index (χ4v) is 2.45. The van der Waals surface area contributed by atoms with Crippen LogP contribution >= 0.6 is 0 Å². The first kappa shape index (κ1) is 11.8. The number of para-hydroxylation sites is 1. The number of fused-ring (bicyclic) bond motifs is 1. The second kappa shape index (κ2) is 4.80. The third kappa shape index (κ3) is 2.34. The molecule has 1 aromatic carbocycles. The van der Waals surface area contributed by atoms with Gasteiger partial charge in [-0.1, -0.05) is 18.2 Å². The molecule has 0 bridgehead atoms. The normalized spacial score (nSPS) is 22.3. The Hall–Kier alpha value is -2.23. The van der Waals surface area contributed by atoms with E-state index < -0.39 is 0 Å². The summed E-state index contributed by atoms with van der Waals surface area (Å²) in [6, 6.07) is 7.76. The maximum atomic E-state index is 12.0. The molecule has 1 atom stereocenters. The molecule has 1 unspecified atom stereocenters. The summed E-state index contributed by atoms with van der Waals surface area (Å²) in [7, 11) is 0. The van der Waals surface area contributed by atoms with Crippen molar-refractivity contribution < 1.29 is 9.59 Å². The fourth-order valence-electron chi connectivity index (χ4n) is 2.45. The molecule has 4 heteroatoms. The molecule has 1 aromatic rings. The van der Waals surface area contributed by atoms with Gasteiger partial charge in [0.2, 0.25) is 0 Å². The summed E-state index contributed by atoms with van der Waals surface area (Å²) in [5.41, 5.74) is 2.61. The van der Waals surface area contributed by atoms with Gasteiger partial charge in [0, 0.05) is 48.6 Å². The summed E-state index contributed by atoms with van der Waals surface area (Å²) in [5.74, 6) is -0.105. The molecule has 0 amide bonds. The molecule has 19 heavy (non-hydrogen) atoms. The lowest BCUT2D eigenvalue weighted by Crippen LogP contribution is -2.29. The molecule has 1 aliphatic heterocycles. The van der Waals surface area contributed by atoms with Gasteiger partial charge in [-0.2, -0.15) is 0 Å². The number of hydrogen-bond acceptors (Lipinski definition) is 4. The first-order chi connectivity index (χ1) is 9.24. The first-order valence-corrected chi connectivity index (χ1v) is 6.38. The molecule has 1 heterocycles. The van der Waals surface area contributed by atoms with E-state index in [9.17, 15) is 9.59 Å². The van der Waals surface area contributed by atoms with Crippen LogP contribution in [0.25, 0.3) is 0 Å². The van der Waals surface area contributed by atoms with E-state index in [-0.39, 0.29) is 23.9 Å². The average Bonchev–Trinajstić information content (AvgIpc) is 2.63.